The van der Waals surface area contributed by atoms with Crippen molar-refractivity contribution in [1.82, 2.24) is 10.2 Å². The lowest BCUT2D eigenvalue weighted by molar-refractivity contribution is 0.0709. The lowest BCUT2D eigenvalue weighted by Crippen LogP contribution is -2.35. The van der Waals surface area contributed by atoms with Crippen LogP contribution in [0.15, 0.2) is 48.5 Å². The Labute approximate surface area is 147 Å². The van der Waals surface area contributed by atoms with Gasteiger partial charge in [-0.1, -0.05) is 42.5 Å². The van der Waals surface area contributed by atoms with Crippen LogP contribution in [0.25, 0.3) is 0 Å². The van der Waals surface area contributed by atoms with Crippen LogP contribution in [0.1, 0.15) is 33.1 Å². The van der Waals surface area contributed by atoms with Gasteiger partial charge in [-0.15, -0.1) is 0 Å². The highest BCUT2D eigenvalue weighted by atomic mass is 16.5. The van der Waals surface area contributed by atoms with Gasteiger partial charge < -0.3 is 15.0 Å². The van der Waals surface area contributed by atoms with Crippen LogP contribution < -0.4 is 5.32 Å². The van der Waals surface area contributed by atoms with Crippen LogP contribution in [-0.2, 0) is 18.0 Å². The Bertz CT molecular complexity index is 805. The normalized spacial score (nSPS) is 27.4. The van der Waals surface area contributed by atoms with Crippen LogP contribution >= 0.6 is 0 Å². The molecule has 0 aliphatic carbocycles. The molecule has 0 aromatic heterocycles. The third-order valence-corrected chi connectivity index (χ3v) is 5.97. The zero-order valence-electron chi connectivity index (χ0n) is 14.2. The summed E-state index contributed by atoms with van der Waals surface area (Å²) < 4.78 is 5.57. The Morgan fingerprint density at radius 1 is 1.04 bits per heavy atom. The van der Waals surface area contributed by atoms with Crippen molar-refractivity contribution < 1.29 is 9.53 Å². The van der Waals surface area contributed by atoms with Gasteiger partial charge >= 0.3 is 0 Å². The van der Waals surface area contributed by atoms with Gasteiger partial charge in [0.15, 0.2) is 0 Å². The molecule has 3 atom stereocenters. The van der Waals surface area contributed by atoms with Crippen molar-refractivity contribution in [2.75, 3.05) is 19.6 Å². The molecule has 0 spiro atoms. The highest BCUT2D eigenvalue weighted by molar-refractivity contribution is 5.96. The molecule has 2 fully saturated rings. The summed E-state index contributed by atoms with van der Waals surface area (Å²) in [6, 6.07) is 16.7. The van der Waals surface area contributed by atoms with Crippen molar-refractivity contribution >= 4 is 5.91 Å². The summed E-state index contributed by atoms with van der Waals surface area (Å²) in [5.74, 6) is 1.20. The van der Waals surface area contributed by atoms with E-state index in [0.29, 0.717) is 25.0 Å². The van der Waals surface area contributed by atoms with E-state index in [1.54, 1.807) is 0 Å². The van der Waals surface area contributed by atoms with Gasteiger partial charge in [0, 0.05) is 31.1 Å². The third-order valence-electron chi connectivity index (χ3n) is 5.97. The first-order valence-electron chi connectivity index (χ1n) is 9.08. The van der Waals surface area contributed by atoms with E-state index in [9.17, 15) is 4.79 Å². The quantitative estimate of drug-likeness (QED) is 0.918. The number of nitrogens with one attached hydrogen (secondary N) is 1. The molecule has 5 rings (SSSR count). The molecule has 4 nitrogen and oxygen atoms in total. The van der Waals surface area contributed by atoms with E-state index in [1.807, 2.05) is 18.2 Å². The second-order valence-electron chi connectivity index (χ2n) is 7.33. The largest absolute Gasteiger partial charge is 0.372 e. The van der Waals surface area contributed by atoms with E-state index < -0.39 is 0 Å². The molecule has 0 unspecified atom stereocenters. The SMILES string of the molecule is O=C(c1cccc2c1COC2)N1C[C@@H]2CNC[C@@H]2[C@H]1c1ccccc1. The van der Waals surface area contributed by atoms with E-state index in [1.165, 1.54) is 5.56 Å². The van der Waals surface area contributed by atoms with Crippen molar-refractivity contribution in [3.8, 4) is 0 Å². The molecular formula is C21H22N2O2. The number of nitrogens with zero attached hydrogens (tertiary/aromatic N) is 1. The molecule has 25 heavy (non-hydrogen) atoms. The number of fused-ring (bicyclic) bond motifs is 2. The van der Waals surface area contributed by atoms with Gasteiger partial charge in [0.05, 0.1) is 19.3 Å². The number of hydrogen-bond donors (Lipinski definition) is 1. The zero-order valence-corrected chi connectivity index (χ0v) is 14.2. The second-order valence-corrected chi connectivity index (χ2v) is 7.33. The molecule has 4 heteroatoms. The van der Waals surface area contributed by atoms with Gasteiger partial charge in [0.2, 0.25) is 0 Å². The van der Waals surface area contributed by atoms with Crippen LogP contribution in [0.5, 0.6) is 0 Å². The third kappa shape index (κ3) is 2.40. The number of amides is 1. The van der Waals surface area contributed by atoms with E-state index in [0.717, 1.165) is 36.3 Å². The Morgan fingerprint density at radius 2 is 1.92 bits per heavy atom. The average molecular weight is 334 g/mol. The summed E-state index contributed by atoms with van der Waals surface area (Å²) in [4.78, 5) is 15.6. The molecule has 3 aliphatic rings. The summed E-state index contributed by atoms with van der Waals surface area (Å²) in [5, 5.41) is 3.51. The molecule has 3 aliphatic heterocycles. The summed E-state index contributed by atoms with van der Waals surface area (Å²) in [6.07, 6.45) is 0. The maximum atomic E-state index is 13.5. The standard InChI is InChI=1S/C21H22N2O2/c24-21(17-8-4-7-15-12-25-13-19(15)17)23-11-16-9-22-10-18(16)20(23)14-5-2-1-3-6-14/h1-8,16,18,20,22H,9-13H2/t16-,18-,20+/m0/s1. The van der Waals surface area contributed by atoms with Gasteiger partial charge in [-0.05, 0) is 28.7 Å². The molecule has 1 N–H and O–H groups in total. The number of likely N-dealkylation sites (tertiary alicyclic amines) is 1. The number of benzene rings is 2. The van der Waals surface area contributed by atoms with E-state index in [-0.39, 0.29) is 11.9 Å². The fourth-order valence-corrected chi connectivity index (χ4v) is 4.77. The number of rotatable bonds is 2. The van der Waals surface area contributed by atoms with Crippen molar-refractivity contribution in [3.63, 3.8) is 0 Å². The first kappa shape index (κ1) is 15.1. The van der Waals surface area contributed by atoms with Crippen LogP contribution in [0.4, 0.5) is 0 Å². The number of carbonyl (C=O) groups is 1. The molecule has 3 heterocycles. The van der Waals surface area contributed by atoms with E-state index >= 15 is 0 Å². The Balaban J connectivity index is 1.54. The molecule has 1 amide bonds. The monoisotopic (exact) mass is 334 g/mol. The number of hydrogen-bond acceptors (Lipinski definition) is 3. The van der Waals surface area contributed by atoms with E-state index in [2.05, 4.69) is 40.5 Å². The van der Waals surface area contributed by atoms with Gasteiger partial charge in [-0.3, -0.25) is 4.79 Å². The molecule has 2 aromatic rings. The lowest BCUT2D eigenvalue weighted by Gasteiger charge is -2.29. The number of carbonyl (C=O) groups excluding carboxylic acids is 1. The molecule has 0 bridgehead atoms. The summed E-state index contributed by atoms with van der Waals surface area (Å²) in [6.45, 7) is 4.00. The minimum absolute atomic E-state index is 0.158. The summed E-state index contributed by atoms with van der Waals surface area (Å²) >= 11 is 0. The average Bonchev–Trinajstić information content (AvgIpc) is 3.36. The maximum absolute atomic E-state index is 13.5. The fourth-order valence-electron chi connectivity index (χ4n) is 4.77. The smallest absolute Gasteiger partial charge is 0.254 e. The minimum Gasteiger partial charge on any atom is -0.372 e. The summed E-state index contributed by atoms with van der Waals surface area (Å²) in [7, 11) is 0. The zero-order chi connectivity index (χ0) is 16.8. The van der Waals surface area contributed by atoms with Crippen molar-refractivity contribution in [2.45, 2.75) is 19.3 Å². The predicted molar refractivity (Wildman–Crippen MR) is 95.0 cm³/mol. The molecule has 2 aromatic carbocycles. The fraction of sp³-hybridized carbons (Fsp3) is 0.381. The maximum Gasteiger partial charge on any atom is 0.254 e. The predicted octanol–water partition coefficient (Wildman–Crippen LogP) is 2.75. The second kappa shape index (κ2) is 5.97. The van der Waals surface area contributed by atoms with Gasteiger partial charge in [0.25, 0.3) is 5.91 Å². The number of ether oxygens (including phenoxy) is 1. The lowest BCUT2D eigenvalue weighted by atomic mass is 9.89. The van der Waals surface area contributed by atoms with Crippen LogP contribution in [0, 0.1) is 11.8 Å². The highest BCUT2D eigenvalue weighted by Crippen LogP contribution is 2.43. The Hall–Kier alpha value is -2.17. The van der Waals surface area contributed by atoms with E-state index in [4.69, 9.17) is 4.74 Å². The molecular weight excluding hydrogens is 312 g/mol. The van der Waals surface area contributed by atoms with Crippen LogP contribution in [-0.4, -0.2) is 30.4 Å². The minimum atomic E-state index is 0.158. The summed E-state index contributed by atoms with van der Waals surface area (Å²) in [5.41, 5.74) is 4.30. The highest BCUT2D eigenvalue weighted by Gasteiger charge is 2.47. The van der Waals surface area contributed by atoms with Crippen molar-refractivity contribution in [1.29, 1.82) is 0 Å². The Kier molecular flexibility index (Phi) is 3.61. The Morgan fingerprint density at radius 3 is 2.80 bits per heavy atom. The first-order valence-corrected chi connectivity index (χ1v) is 9.08. The van der Waals surface area contributed by atoms with Crippen molar-refractivity contribution in [3.05, 3.63) is 70.8 Å². The van der Waals surface area contributed by atoms with Crippen LogP contribution in [0.2, 0.25) is 0 Å². The first-order chi connectivity index (χ1) is 12.3. The molecule has 128 valence electrons. The van der Waals surface area contributed by atoms with Gasteiger partial charge in [-0.25, -0.2) is 0 Å². The molecule has 2 saturated heterocycles. The molecule has 0 saturated carbocycles. The topological polar surface area (TPSA) is 41.6 Å². The van der Waals surface area contributed by atoms with Crippen LogP contribution in [0.3, 0.4) is 0 Å². The molecule has 0 radical (unpaired) electrons. The van der Waals surface area contributed by atoms with Gasteiger partial charge in [-0.2, -0.15) is 0 Å². The van der Waals surface area contributed by atoms with Crippen molar-refractivity contribution in [2.24, 2.45) is 11.8 Å². The van der Waals surface area contributed by atoms with Gasteiger partial charge in [0.1, 0.15) is 0 Å².